The van der Waals surface area contributed by atoms with Crippen LogP contribution in [0.25, 0.3) is 0 Å². The van der Waals surface area contributed by atoms with E-state index in [1.807, 2.05) is 24.3 Å². The quantitative estimate of drug-likeness (QED) is 0.795. The molecule has 7 nitrogen and oxygen atoms in total. The number of hydrogen-bond donors (Lipinski definition) is 2. The first kappa shape index (κ1) is 22.6. The number of hydrogen-bond acceptors (Lipinski definition) is 5. The molecular weight excluding hydrogens is 304 g/mol. The SMILES string of the molecule is CC(=O)CC(=O)O.CC(=O)CC(=O)O.COc1ccc(C)cc1. The van der Waals surface area contributed by atoms with E-state index in [2.05, 4.69) is 6.92 Å². The Kier molecular flexibility index (Phi) is 12.8. The van der Waals surface area contributed by atoms with Crippen molar-refractivity contribution in [1.29, 1.82) is 0 Å². The number of ketones is 2. The molecule has 0 spiro atoms. The highest BCUT2D eigenvalue weighted by Crippen LogP contribution is 2.09. The summed E-state index contributed by atoms with van der Waals surface area (Å²) in [6, 6.07) is 7.96. The van der Waals surface area contributed by atoms with E-state index in [1.165, 1.54) is 19.4 Å². The Labute approximate surface area is 134 Å². The zero-order valence-corrected chi connectivity index (χ0v) is 13.7. The van der Waals surface area contributed by atoms with Gasteiger partial charge in [0.25, 0.3) is 0 Å². The Balaban J connectivity index is 0. The second kappa shape index (κ2) is 13.0. The number of carboxylic acid groups (broad SMARTS) is 2. The van der Waals surface area contributed by atoms with Gasteiger partial charge in [-0.25, -0.2) is 0 Å². The summed E-state index contributed by atoms with van der Waals surface area (Å²) in [6.45, 7) is 4.54. The van der Waals surface area contributed by atoms with Gasteiger partial charge in [-0.1, -0.05) is 17.7 Å². The van der Waals surface area contributed by atoms with Gasteiger partial charge in [0.2, 0.25) is 0 Å². The van der Waals surface area contributed by atoms with E-state index in [0.717, 1.165) is 5.75 Å². The fourth-order valence-corrected chi connectivity index (χ4v) is 1.10. The molecule has 128 valence electrons. The van der Waals surface area contributed by atoms with Crippen molar-refractivity contribution in [2.45, 2.75) is 33.6 Å². The maximum Gasteiger partial charge on any atom is 0.310 e. The van der Waals surface area contributed by atoms with Crippen LogP contribution in [0.2, 0.25) is 0 Å². The number of rotatable bonds is 5. The average molecular weight is 326 g/mol. The lowest BCUT2D eigenvalue weighted by Gasteiger charge is -1.97. The molecule has 0 aromatic heterocycles. The van der Waals surface area contributed by atoms with Crippen LogP contribution < -0.4 is 4.74 Å². The molecule has 1 aromatic rings. The van der Waals surface area contributed by atoms with Gasteiger partial charge < -0.3 is 14.9 Å². The molecule has 0 fully saturated rings. The fraction of sp³-hybridized carbons (Fsp3) is 0.375. The van der Waals surface area contributed by atoms with Gasteiger partial charge in [-0.05, 0) is 32.9 Å². The van der Waals surface area contributed by atoms with Crippen LogP contribution in [0.1, 0.15) is 32.3 Å². The minimum atomic E-state index is -1.06. The second-order valence-electron chi connectivity index (χ2n) is 4.56. The molecule has 0 bridgehead atoms. The molecule has 7 heteroatoms. The predicted molar refractivity (Wildman–Crippen MR) is 83.6 cm³/mol. The third-order valence-electron chi connectivity index (χ3n) is 2.06. The Bertz CT molecular complexity index is 468. The molecule has 23 heavy (non-hydrogen) atoms. The minimum Gasteiger partial charge on any atom is -0.497 e. The van der Waals surface area contributed by atoms with Gasteiger partial charge in [0.15, 0.2) is 0 Å². The van der Waals surface area contributed by atoms with Crippen molar-refractivity contribution in [1.82, 2.24) is 0 Å². The highest BCUT2D eigenvalue weighted by molar-refractivity contribution is 5.93. The van der Waals surface area contributed by atoms with E-state index in [0.29, 0.717) is 0 Å². The molecule has 0 atom stereocenters. The largest absolute Gasteiger partial charge is 0.497 e. The van der Waals surface area contributed by atoms with Crippen LogP contribution in [0.5, 0.6) is 5.75 Å². The number of Topliss-reactive ketones (excluding diaryl/α,β-unsaturated/α-hetero) is 2. The molecule has 0 heterocycles. The van der Waals surface area contributed by atoms with Gasteiger partial charge in [0.05, 0.1) is 7.11 Å². The second-order valence-corrected chi connectivity index (χ2v) is 4.56. The summed E-state index contributed by atoms with van der Waals surface area (Å²) in [5, 5.41) is 15.7. The van der Waals surface area contributed by atoms with Crippen LogP contribution in [0, 0.1) is 6.92 Å². The first-order chi connectivity index (χ1) is 10.6. The maximum atomic E-state index is 9.87. The lowest BCUT2D eigenvalue weighted by atomic mass is 10.2. The van der Waals surface area contributed by atoms with Crippen LogP contribution in [-0.2, 0) is 19.2 Å². The smallest absolute Gasteiger partial charge is 0.310 e. The van der Waals surface area contributed by atoms with Gasteiger partial charge in [-0.2, -0.15) is 0 Å². The van der Waals surface area contributed by atoms with Crippen LogP contribution in [-0.4, -0.2) is 40.8 Å². The van der Waals surface area contributed by atoms with Crippen LogP contribution in [0.4, 0.5) is 0 Å². The molecule has 0 radical (unpaired) electrons. The van der Waals surface area contributed by atoms with Crippen molar-refractivity contribution in [3.05, 3.63) is 29.8 Å². The number of carboxylic acids is 2. The molecule has 1 aromatic carbocycles. The Morgan fingerprint density at radius 2 is 1.22 bits per heavy atom. The van der Waals surface area contributed by atoms with E-state index < -0.39 is 11.9 Å². The summed E-state index contributed by atoms with van der Waals surface area (Å²) in [5.41, 5.74) is 1.26. The van der Waals surface area contributed by atoms with Crippen LogP contribution >= 0.6 is 0 Å². The van der Waals surface area contributed by atoms with Gasteiger partial charge >= 0.3 is 11.9 Å². The molecular formula is C16H22O7. The van der Waals surface area contributed by atoms with Crippen LogP contribution in [0.3, 0.4) is 0 Å². The lowest BCUT2D eigenvalue weighted by Crippen LogP contribution is -2.00. The molecule has 0 saturated carbocycles. The molecule has 0 aliphatic carbocycles. The zero-order chi connectivity index (χ0) is 18.4. The van der Waals surface area contributed by atoms with Crippen LogP contribution in [0.15, 0.2) is 24.3 Å². The Hall–Kier alpha value is -2.70. The topological polar surface area (TPSA) is 118 Å². The zero-order valence-electron chi connectivity index (χ0n) is 13.7. The number of ether oxygens (including phenoxy) is 1. The highest BCUT2D eigenvalue weighted by atomic mass is 16.5. The molecule has 0 unspecified atom stereocenters. The first-order valence-corrected chi connectivity index (χ1v) is 6.61. The number of benzene rings is 1. The normalized spacial score (nSPS) is 8.52. The third kappa shape index (κ3) is 19.3. The molecule has 1 rings (SSSR count). The van der Waals surface area contributed by atoms with Crippen molar-refractivity contribution in [2.24, 2.45) is 0 Å². The van der Waals surface area contributed by atoms with Gasteiger partial charge in [0, 0.05) is 0 Å². The van der Waals surface area contributed by atoms with Gasteiger partial charge in [-0.15, -0.1) is 0 Å². The van der Waals surface area contributed by atoms with Crippen molar-refractivity contribution in [3.63, 3.8) is 0 Å². The average Bonchev–Trinajstić information content (AvgIpc) is 2.37. The number of aryl methyl sites for hydroxylation is 1. The van der Waals surface area contributed by atoms with E-state index in [-0.39, 0.29) is 24.4 Å². The number of methoxy groups -OCH3 is 1. The van der Waals surface area contributed by atoms with Gasteiger partial charge in [0.1, 0.15) is 30.2 Å². The third-order valence-corrected chi connectivity index (χ3v) is 2.06. The molecule has 0 aliphatic heterocycles. The number of carbonyl (C=O) groups excluding carboxylic acids is 2. The summed E-state index contributed by atoms with van der Waals surface area (Å²) in [4.78, 5) is 38.9. The summed E-state index contributed by atoms with van der Waals surface area (Å²) in [6.07, 6.45) is -0.722. The molecule has 0 saturated heterocycles. The molecule has 0 aliphatic rings. The maximum absolute atomic E-state index is 9.87. The number of aliphatic carboxylic acids is 2. The van der Waals surface area contributed by atoms with Crippen molar-refractivity contribution < 1.29 is 34.1 Å². The van der Waals surface area contributed by atoms with E-state index >= 15 is 0 Å². The summed E-state index contributed by atoms with van der Waals surface area (Å²) < 4.78 is 4.97. The van der Waals surface area contributed by atoms with Crippen molar-refractivity contribution in [3.8, 4) is 5.75 Å². The summed E-state index contributed by atoms with van der Waals surface area (Å²) in [5.74, 6) is -1.83. The number of carbonyl (C=O) groups is 4. The van der Waals surface area contributed by atoms with Crippen molar-refractivity contribution >= 4 is 23.5 Å². The minimum absolute atomic E-state index is 0.312. The summed E-state index contributed by atoms with van der Waals surface area (Å²) >= 11 is 0. The van der Waals surface area contributed by atoms with E-state index in [4.69, 9.17) is 14.9 Å². The van der Waals surface area contributed by atoms with Gasteiger partial charge in [-0.3, -0.25) is 19.2 Å². The molecule has 2 N–H and O–H groups in total. The monoisotopic (exact) mass is 326 g/mol. The van der Waals surface area contributed by atoms with E-state index in [1.54, 1.807) is 7.11 Å². The van der Waals surface area contributed by atoms with Crippen molar-refractivity contribution in [2.75, 3.05) is 7.11 Å². The summed E-state index contributed by atoms with van der Waals surface area (Å²) in [7, 11) is 1.67. The Morgan fingerprint density at radius 3 is 1.39 bits per heavy atom. The highest BCUT2D eigenvalue weighted by Gasteiger charge is 1.98. The predicted octanol–water partition coefficient (Wildman–Crippen LogP) is 2.10. The first-order valence-electron chi connectivity index (χ1n) is 6.61. The molecule has 0 amide bonds. The standard InChI is InChI=1S/C8H10O.2C4H6O3/c1-7-3-5-8(9-2)6-4-7;2*1-3(5)2-4(6)7/h3-6H,1-2H3;2*2H2,1H3,(H,6,7). The Morgan fingerprint density at radius 1 is 0.870 bits per heavy atom. The van der Waals surface area contributed by atoms with E-state index in [9.17, 15) is 19.2 Å². The fourth-order valence-electron chi connectivity index (χ4n) is 1.10. The lowest BCUT2D eigenvalue weighted by molar-refractivity contribution is -0.141.